The predicted octanol–water partition coefficient (Wildman–Crippen LogP) is 3.41. The Bertz CT molecular complexity index is 521. The topological polar surface area (TPSA) is 35.5 Å². The number of hydrogen-bond donors (Lipinski definition) is 0. The molecule has 0 aliphatic heterocycles. The molecule has 1 aliphatic rings. The maximum atomic E-state index is 12.0. The molecule has 0 saturated carbocycles. The van der Waals surface area contributed by atoms with Crippen LogP contribution in [0.15, 0.2) is 12.1 Å². The van der Waals surface area contributed by atoms with Crippen molar-refractivity contribution in [3.05, 3.63) is 28.8 Å². The van der Waals surface area contributed by atoms with Crippen molar-refractivity contribution < 1.29 is 14.3 Å². The van der Waals surface area contributed by atoms with Gasteiger partial charge < -0.3 is 9.47 Å². The molecule has 2 rings (SSSR count). The number of carbonyl (C=O) groups excluding carboxylic acids is 1. The lowest BCUT2D eigenvalue weighted by Gasteiger charge is -2.40. The van der Waals surface area contributed by atoms with Gasteiger partial charge in [-0.25, -0.2) is 0 Å². The van der Waals surface area contributed by atoms with Crippen molar-refractivity contribution in [3.8, 4) is 5.75 Å². The molecule has 0 bridgehead atoms. The van der Waals surface area contributed by atoms with Gasteiger partial charge in [-0.3, -0.25) is 4.79 Å². The number of esters is 1. The van der Waals surface area contributed by atoms with Crippen molar-refractivity contribution in [1.82, 2.24) is 0 Å². The number of rotatable bonds is 3. The van der Waals surface area contributed by atoms with E-state index in [0.717, 1.165) is 25.0 Å². The zero-order valence-electron chi connectivity index (χ0n) is 13.1. The Balaban J connectivity index is 2.56. The minimum atomic E-state index is -0.181. The molecule has 0 N–H and O–H groups in total. The average Bonchev–Trinajstić information content (AvgIpc) is 2.45. The van der Waals surface area contributed by atoms with Crippen molar-refractivity contribution in [2.24, 2.45) is 5.92 Å². The number of methoxy groups -OCH3 is 2. The van der Waals surface area contributed by atoms with Crippen LogP contribution in [-0.4, -0.2) is 20.2 Å². The van der Waals surface area contributed by atoms with Crippen LogP contribution in [0.5, 0.6) is 5.75 Å². The van der Waals surface area contributed by atoms with Gasteiger partial charge in [-0.05, 0) is 48.9 Å². The van der Waals surface area contributed by atoms with E-state index in [0.29, 0.717) is 0 Å². The fourth-order valence-electron chi connectivity index (χ4n) is 3.39. The van der Waals surface area contributed by atoms with Crippen LogP contribution >= 0.6 is 0 Å². The molecule has 3 nitrogen and oxygen atoms in total. The summed E-state index contributed by atoms with van der Waals surface area (Å²) in [5.74, 6) is 0.655. The van der Waals surface area contributed by atoms with Crippen molar-refractivity contribution >= 4 is 5.97 Å². The summed E-state index contributed by atoms with van der Waals surface area (Å²) >= 11 is 0. The first-order valence-electron chi connectivity index (χ1n) is 7.20. The molecular weight excluding hydrogens is 252 g/mol. The Hall–Kier alpha value is -1.51. The molecule has 0 heterocycles. The van der Waals surface area contributed by atoms with Gasteiger partial charge in [0.25, 0.3) is 0 Å². The minimum absolute atomic E-state index is 0.138. The first-order chi connectivity index (χ1) is 9.43. The second-order valence-corrected chi connectivity index (χ2v) is 6.01. The smallest absolute Gasteiger partial charge is 0.309 e. The van der Waals surface area contributed by atoms with Gasteiger partial charge >= 0.3 is 5.97 Å². The molecule has 0 spiro atoms. The van der Waals surface area contributed by atoms with E-state index in [1.165, 1.54) is 23.8 Å². The van der Waals surface area contributed by atoms with E-state index in [2.05, 4.69) is 26.0 Å². The Morgan fingerprint density at radius 1 is 1.35 bits per heavy atom. The maximum Gasteiger partial charge on any atom is 0.309 e. The van der Waals surface area contributed by atoms with Gasteiger partial charge in [-0.15, -0.1) is 0 Å². The van der Waals surface area contributed by atoms with E-state index in [4.69, 9.17) is 9.47 Å². The zero-order valence-corrected chi connectivity index (χ0v) is 13.1. The van der Waals surface area contributed by atoms with Gasteiger partial charge in [-0.1, -0.05) is 19.9 Å². The number of carbonyl (C=O) groups is 1. The molecule has 20 heavy (non-hydrogen) atoms. The van der Waals surface area contributed by atoms with Crippen LogP contribution in [0.2, 0.25) is 0 Å². The number of benzene rings is 1. The Kier molecular flexibility index (Phi) is 4.07. The summed E-state index contributed by atoms with van der Waals surface area (Å²) in [6.45, 7) is 6.21. The molecule has 1 aromatic rings. The molecule has 0 fully saturated rings. The standard InChI is InChI=1S/C17H24O3/c1-11-9-14-13(15(10-11)19-4)7-6-8-17(14,3)12(2)16(18)20-5/h9-10,12H,6-8H2,1-5H3. The molecule has 3 heteroatoms. The normalized spacial score (nSPS) is 22.9. The van der Waals surface area contributed by atoms with E-state index >= 15 is 0 Å². The molecule has 0 amide bonds. The van der Waals surface area contributed by atoms with E-state index in [1.807, 2.05) is 6.92 Å². The van der Waals surface area contributed by atoms with E-state index in [9.17, 15) is 4.79 Å². The van der Waals surface area contributed by atoms with Crippen molar-refractivity contribution in [2.45, 2.75) is 45.4 Å². The highest BCUT2D eigenvalue weighted by atomic mass is 16.5. The second kappa shape index (κ2) is 5.47. The molecule has 2 unspecified atom stereocenters. The summed E-state index contributed by atoms with van der Waals surface area (Å²) in [7, 11) is 3.17. The van der Waals surface area contributed by atoms with Crippen LogP contribution in [0.3, 0.4) is 0 Å². The summed E-state index contributed by atoms with van der Waals surface area (Å²) in [6, 6.07) is 4.28. The van der Waals surface area contributed by atoms with Crippen LogP contribution in [0.4, 0.5) is 0 Å². The van der Waals surface area contributed by atoms with Gasteiger partial charge in [0.05, 0.1) is 20.1 Å². The summed E-state index contributed by atoms with van der Waals surface area (Å²) in [4.78, 5) is 12.0. The van der Waals surface area contributed by atoms with E-state index < -0.39 is 0 Å². The summed E-state index contributed by atoms with van der Waals surface area (Å²) in [6.07, 6.45) is 3.09. The lowest BCUT2D eigenvalue weighted by Crippen LogP contribution is -2.39. The van der Waals surface area contributed by atoms with E-state index in [-0.39, 0.29) is 17.3 Å². The van der Waals surface area contributed by atoms with Crippen LogP contribution in [0.25, 0.3) is 0 Å². The second-order valence-electron chi connectivity index (χ2n) is 6.01. The monoisotopic (exact) mass is 276 g/mol. The van der Waals surface area contributed by atoms with Gasteiger partial charge in [0.15, 0.2) is 0 Å². The SMILES string of the molecule is COC(=O)C(C)C1(C)CCCc2c(OC)cc(C)cc21. The Labute approximate surface area is 121 Å². The van der Waals surface area contributed by atoms with Crippen molar-refractivity contribution in [2.75, 3.05) is 14.2 Å². The van der Waals surface area contributed by atoms with Crippen molar-refractivity contribution in [1.29, 1.82) is 0 Å². The van der Waals surface area contributed by atoms with Crippen LogP contribution in [-0.2, 0) is 21.4 Å². The lowest BCUT2D eigenvalue weighted by atomic mass is 9.64. The highest BCUT2D eigenvalue weighted by molar-refractivity contribution is 5.74. The van der Waals surface area contributed by atoms with E-state index in [1.54, 1.807) is 7.11 Å². The quantitative estimate of drug-likeness (QED) is 0.794. The molecule has 110 valence electrons. The number of ether oxygens (including phenoxy) is 2. The third-order valence-corrected chi connectivity index (χ3v) is 4.82. The highest BCUT2D eigenvalue weighted by Gasteiger charge is 2.42. The third-order valence-electron chi connectivity index (χ3n) is 4.82. The predicted molar refractivity (Wildman–Crippen MR) is 79.2 cm³/mol. The molecular formula is C17H24O3. The lowest BCUT2D eigenvalue weighted by molar-refractivity contribution is -0.147. The Morgan fingerprint density at radius 2 is 2.05 bits per heavy atom. The molecule has 0 radical (unpaired) electrons. The van der Waals surface area contributed by atoms with Gasteiger partial charge in [0.2, 0.25) is 0 Å². The third kappa shape index (κ3) is 2.30. The summed E-state index contributed by atoms with van der Waals surface area (Å²) in [5, 5.41) is 0. The first-order valence-corrected chi connectivity index (χ1v) is 7.20. The minimum Gasteiger partial charge on any atom is -0.496 e. The largest absolute Gasteiger partial charge is 0.496 e. The number of fused-ring (bicyclic) bond motifs is 1. The van der Waals surface area contributed by atoms with Crippen LogP contribution in [0.1, 0.15) is 43.4 Å². The first kappa shape index (κ1) is 14.9. The Morgan fingerprint density at radius 3 is 2.65 bits per heavy atom. The zero-order chi connectivity index (χ0) is 14.9. The number of aryl methyl sites for hydroxylation is 1. The maximum absolute atomic E-state index is 12.0. The number of hydrogen-bond acceptors (Lipinski definition) is 3. The van der Waals surface area contributed by atoms with Crippen LogP contribution < -0.4 is 4.74 Å². The van der Waals surface area contributed by atoms with Crippen LogP contribution in [0, 0.1) is 12.8 Å². The van der Waals surface area contributed by atoms with Gasteiger partial charge in [-0.2, -0.15) is 0 Å². The highest BCUT2D eigenvalue weighted by Crippen LogP contribution is 2.46. The fourth-order valence-corrected chi connectivity index (χ4v) is 3.39. The molecule has 2 atom stereocenters. The molecule has 1 aromatic carbocycles. The molecule has 0 saturated heterocycles. The fraction of sp³-hybridized carbons (Fsp3) is 0.588. The summed E-state index contributed by atoms with van der Waals surface area (Å²) in [5.41, 5.74) is 3.49. The summed E-state index contributed by atoms with van der Waals surface area (Å²) < 4.78 is 10.5. The average molecular weight is 276 g/mol. The molecule has 1 aliphatic carbocycles. The van der Waals surface area contributed by atoms with Gasteiger partial charge in [0, 0.05) is 5.41 Å². The van der Waals surface area contributed by atoms with Gasteiger partial charge in [0.1, 0.15) is 5.75 Å². The van der Waals surface area contributed by atoms with Crippen molar-refractivity contribution in [3.63, 3.8) is 0 Å². The molecule has 0 aromatic heterocycles.